The van der Waals surface area contributed by atoms with Gasteiger partial charge in [-0.05, 0) is 10.6 Å². The Hall–Kier alpha value is -1.44. The van der Waals surface area contributed by atoms with Crippen LogP contribution < -0.4 is 0 Å². The molecule has 0 fully saturated rings. The summed E-state index contributed by atoms with van der Waals surface area (Å²) in [6, 6.07) is 0. The molecule has 3 atom stereocenters. The lowest BCUT2D eigenvalue weighted by Gasteiger charge is -2.23. The Bertz CT molecular complexity index is 381. The number of carbonyl (C=O) groups excluding carboxylic acids is 1. The molecule has 1 aliphatic rings. The summed E-state index contributed by atoms with van der Waals surface area (Å²) < 4.78 is 20.3. The zero-order valence-corrected chi connectivity index (χ0v) is 11.6. The van der Waals surface area contributed by atoms with Gasteiger partial charge in [-0.3, -0.25) is 4.79 Å². The van der Waals surface area contributed by atoms with Crippen molar-refractivity contribution in [2.24, 2.45) is 22.9 Å². The number of carbonyl (C=O) groups is 1. The summed E-state index contributed by atoms with van der Waals surface area (Å²) in [6.07, 6.45) is 3.62. The second-order valence-corrected chi connectivity index (χ2v) is 4.32. The van der Waals surface area contributed by atoms with Crippen LogP contribution in [0.2, 0.25) is 0 Å². The molecule has 112 valence electrons. The smallest absolute Gasteiger partial charge is 0.226 e. The molecule has 0 saturated heterocycles. The predicted molar refractivity (Wildman–Crippen MR) is 69.4 cm³/mol. The van der Waals surface area contributed by atoms with Gasteiger partial charge >= 0.3 is 0 Å². The molecule has 0 aliphatic heterocycles. The lowest BCUT2D eigenvalue weighted by Crippen LogP contribution is -2.29. The fourth-order valence-electron chi connectivity index (χ4n) is 2.13. The van der Waals surface area contributed by atoms with Crippen molar-refractivity contribution in [3.05, 3.63) is 22.6 Å². The topological polar surface area (TPSA) is 103 Å². The molecule has 8 heteroatoms. The van der Waals surface area contributed by atoms with Crippen LogP contribution in [0.5, 0.6) is 0 Å². The highest BCUT2D eigenvalue weighted by molar-refractivity contribution is 5.82. The van der Waals surface area contributed by atoms with Crippen LogP contribution in [-0.4, -0.2) is 46.9 Å². The van der Waals surface area contributed by atoms with Crippen molar-refractivity contribution in [2.75, 3.05) is 41.0 Å². The zero-order chi connectivity index (χ0) is 14.8. The molecule has 1 rings (SSSR count). The third kappa shape index (κ3) is 4.92. The summed E-state index contributed by atoms with van der Waals surface area (Å²) in [7, 11) is 3.06. The van der Waals surface area contributed by atoms with Gasteiger partial charge in [0, 0.05) is 36.9 Å². The Morgan fingerprint density at radius 3 is 2.45 bits per heavy atom. The van der Waals surface area contributed by atoms with Crippen LogP contribution in [0.3, 0.4) is 0 Å². The van der Waals surface area contributed by atoms with Crippen LogP contribution in [0.1, 0.15) is 0 Å². The van der Waals surface area contributed by atoms with E-state index in [1.165, 1.54) is 14.2 Å². The van der Waals surface area contributed by atoms with E-state index in [1.54, 1.807) is 6.08 Å². The molecular formula is C12H19N3O5. The highest BCUT2D eigenvalue weighted by atomic mass is 16.7. The van der Waals surface area contributed by atoms with Gasteiger partial charge in [0.05, 0.1) is 13.2 Å². The van der Waals surface area contributed by atoms with Crippen LogP contribution >= 0.6 is 0 Å². The van der Waals surface area contributed by atoms with Gasteiger partial charge in [-0.15, -0.1) is 0 Å². The van der Waals surface area contributed by atoms with Crippen molar-refractivity contribution < 1.29 is 23.7 Å². The number of ether oxygens (including phenoxy) is 4. The third-order valence-corrected chi connectivity index (χ3v) is 3.03. The van der Waals surface area contributed by atoms with E-state index in [0.717, 1.165) is 0 Å². The van der Waals surface area contributed by atoms with E-state index in [9.17, 15) is 4.79 Å². The van der Waals surface area contributed by atoms with E-state index in [-0.39, 0.29) is 25.4 Å². The lowest BCUT2D eigenvalue weighted by atomic mass is 9.88. The van der Waals surface area contributed by atoms with Crippen LogP contribution in [-0.2, 0) is 23.7 Å². The number of azide groups is 1. The Kier molecular flexibility index (Phi) is 7.86. The number of hydrogen-bond donors (Lipinski definition) is 0. The molecule has 0 heterocycles. The van der Waals surface area contributed by atoms with Crippen LogP contribution in [0, 0.1) is 17.8 Å². The van der Waals surface area contributed by atoms with E-state index >= 15 is 0 Å². The molecule has 1 aliphatic carbocycles. The van der Waals surface area contributed by atoms with Gasteiger partial charge in [0.2, 0.25) is 5.91 Å². The predicted octanol–water partition coefficient (Wildman–Crippen LogP) is 1.48. The summed E-state index contributed by atoms with van der Waals surface area (Å²) in [4.78, 5) is 14.3. The third-order valence-electron chi connectivity index (χ3n) is 3.03. The number of methoxy groups -OCH3 is 2. The van der Waals surface area contributed by atoms with E-state index in [1.807, 2.05) is 6.08 Å². The van der Waals surface area contributed by atoms with Crippen molar-refractivity contribution in [1.29, 1.82) is 0 Å². The Labute approximate surface area is 117 Å². The maximum atomic E-state index is 11.7. The first-order valence-corrected chi connectivity index (χ1v) is 6.15. The second-order valence-electron chi connectivity index (χ2n) is 4.32. The first kappa shape index (κ1) is 16.6. The van der Waals surface area contributed by atoms with E-state index in [2.05, 4.69) is 10.0 Å². The van der Waals surface area contributed by atoms with Gasteiger partial charge in [-0.1, -0.05) is 12.2 Å². The summed E-state index contributed by atoms with van der Waals surface area (Å²) >= 11 is 0. The quantitative estimate of drug-likeness (QED) is 0.159. The largest absolute Gasteiger partial charge is 0.359 e. The van der Waals surface area contributed by atoms with Gasteiger partial charge in [0.15, 0.2) is 0 Å². The fraction of sp³-hybridized carbons (Fsp3) is 0.750. The fourth-order valence-corrected chi connectivity index (χ4v) is 2.13. The summed E-state index contributed by atoms with van der Waals surface area (Å²) in [5, 5.41) is 3.15. The molecule has 0 aromatic rings. The SMILES string of the molecule is COCOC[C@@H]1[C@@H](COCOC)C=C[C@H]1C(=O)N=[N+]=[N-]. The van der Waals surface area contributed by atoms with Crippen molar-refractivity contribution in [2.45, 2.75) is 0 Å². The first-order valence-electron chi connectivity index (χ1n) is 6.15. The molecule has 0 bridgehead atoms. The lowest BCUT2D eigenvalue weighted by molar-refractivity contribution is -0.124. The van der Waals surface area contributed by atoms with Crippen LogP contribution in [0.15, 0.2) is 17.3 Å². The average molecular weight is 285 g/mol. The monoisotopic (exact) mass is 285 g/mol. The maximum absolute atomic E-state index is 11.7. The van der Waals surface area contributed by atoms with Crippen molar-refractivity contribution in [1.82, 2.24) is 0 Å². The average Bonchev–Trinajstić information content (AvgIpc) is 2.83. The van der Waals surface area contributed by atoms with Gasteiger partial charge in [0.1, 0.15) is 13.6 Å². The number of hydrogen-bond acceptors (Lipinski definition) is 5. The molecular weight excluding hydrogens is 266 g/mol. The molecule has 0 radical (unpaired) electrons. The van der Waals surface area contributed by atoms with Crippen LogP contribution in [0.4, 0.5) is 0 Å². The molecule has 0 spiro atoms. The molecule has 8 nitrogen and oxygen atoms in total. The standard InChI is InChI=1S/C12H19N3O5/c1-17-7-19-5-9-3-4-10(12(16)14-15-13)11(9)6-20-8-18-2/h3-4,9-11H,5-8H2,1-2H3/t9-,10-,11-/m1/s1. The minimum atomic E-state index is -0.510. The highest BCUT2D eigenvalue weighted by Crippen LogP contribution is 2.32. The number of amides is 1. The summed E-state index contributed by atoms with van der Waals surface area (Å²) in [5.74, 6) is -1.13. The second kappa shape index (κ2) is 9.46. The van der Waals surface area contributed by atoms with Crippen LogP contribution in [0.25, 0.3) is 10.4 Å². The highest BCUT2D eigenvalue weighted by Gasteiger charge is 2.35. The van der Waals surface area contributed by atoms with Crippen molar-refractivity contribution in [3.8, 4) is 0 Å². The van der Waals surface area contributed by atoms with Gasteiger partial charge in [-0.2, -0.15) is 0 Å². The molecule has 0 unspecified atom stereocenters. The molecule has 0 saturated carbocycles. The number of rotatable bonds is 9. The van der Waals surface area contributed by atoms with Gasteiger partial charge in [-0.25, -0.2) is 0 Å². The first-order chi connectivity index (χ1) is 9.74. The molecule has 20 heavy (non-hydrogen) atoms. The Morgan fingerprint density at radius 1 is 1.20 bits per heavy atom. The van der Waals surface area contributed by atoms with E-state index in [4.69, 9.17) is 24.5 Å². The minimum Gasteiger partial charge on any atom is -0.359 e. The van der Waals surface area contributed by atoms with E-state index < -0.39 is 11.8 Å². The number of nitrogens with zero attached hydrogens (tertiary/aromatic N) is 3. The summed E-state index contributed by atoms with van der Waals surface area (Å²) in [6.45, 7) is 1.06. The van der Waals surface area contributed by atoms with Crippen molar-refractivity contribution in [3.63, 3.8) is 0 Å². The summed E-state index contributed by atoms with van der Waals surface area (Å²) in [5.41, 5.74) is 8.36. The Morgan fingerprint density at radius 2 is 1.85 bits per heavy atom. The molecule has 0 N–H and O–H groups in total. The van der Waals surface area contributed by atoms with Gasteiger partial charge in [0.25, 0.3) is 0 Å². The Balaban J connectivity index is 2.62. The zero-order valence-electron chi connectivity index (χ0n) is 11.6. The maximum Gasteiger partial charge on any atom is 0.226 e. The van der Waals surface area contributed by atoms with Crippen molar-refractivity contribution >= 4 is 5.91 Å². The molecule has 0 aromatic heterocycles. The normalized spacial score (nSPS) is 24.6. The molecule has 0 aromatic carbocycles. The van der Waals surface area contributed by atoms with Gasteiger partial charge < -0.3 is 18.9 Å². The minimum absolute atomic E-state index is 0.00449. The van der Waals surface area contributed by atoms with E-state index in [0.29, 0.717) is 13.2 Å². The molecule has 1 amide bonds.